The lowest BCUT2D eigenvalue weighted by molar-refractivity contribution is 0.167. The maximum Gasteiger partial charge on any atom is 0.461 e. The lowest BCUT2D eigenvalue weighted by Gasteiger charge is -2.24. The topological polar surface area (TPSA) is 102 Å². The predicted molar refractivity (Wildman–Crippen MR) is 78.1 cm³/mol. The number of ether oxygens (including phenoxy) is 1. The number of carbonyl (C=O) groups excluding carboxylic acids is 1. The van der Waals surface area contributed by atoms with E-state index in [4.69, 9.17) is 9.26 Å². The Kier molecular flexibility index (Phi) is 3.77. The third kappa shape index (κ3) is 2.78. The molecule has 2 aromatic heterocycles. The van der Waals surface area contributed by atoms with Crippen molar-refractivity contribution in [1.29, 1.82) is 0 Å². The van der Waals surface area contributed by atoms with E-state index in [1.54, 1.807) is 13.0 Å². The Bertz CT molecular complexity index is 778. The Morgan fingerprint density at radius 3 is 3.05 bits per heavy atom. The maximum atomic E-state index is 11.6. The fourth-order valence-corrected chi connectivity index (χ4v) is 2.18. The first kappa shape index (κ1) is 14.1. The van der Waals surface area contributed by atoms with E-state index < -0.39 is 11.8 Å². The van der Waals surface area contributed by atoms with E-state index in [1.165, 1.54) is 0 Å². The van der Waals surface area contributed by atoms with Crippen molar-refractivity contribution >= 4 is 23.5 Å². The Morgan fingerprint density at radius 2 is 2.32 bits per heavy atom. The first-order valence-corrected chi connectivity index (χ1v) is 6.92. The van der Waals surface area contributed by atoms with E-state index >= 15 is 0 Å². The van der Waals surface area contributed by atoms with Crippen LogP contribution in [0.15, 0.2) is 27.5 Å². The van der Waals surface area contributed by atoms with Crippen LogP contribution in [0.2, 0.25) is 0 Å². The van der Waals surface area contributed by atoms with Crippen LogP contribution in [0.3, 0.4) is 0 Å². The number of anilines is 2. The van der Waals surface area contributed by atoms with Crippen molar-refractivity contribution in [2.24, 2.45) is 0 Å². The van der Waals surface area contributed by atoms with Crippen molar-refractivity contribution in [2.75, 3.05) is 29.9 Å². The summed E-state index contributed by atoms with van der Waals surface area (Å²) in [7, 11) is 0. The summed E-state index contributed by atoms with van der Waals surface area (Å²) in [6.07, 6.45) is 4.38. The Labute approximate surface area is 125 Å². The lowest BCUT2D eigenvalue weighted by atomic mass is 10.2. The first-order chi connectivity index (χ1) is 10.7. The van der Waals surface area contributed by atoms with Crippen LogP contribution in [-0.4, -0.2) is 40.3 Å². The average molecular weight is 305 g/mol. The summed E-state index contributed by atoms with van der Waals surface area (Å²) in [4.78, 5) is 32.9. The summed E-state index contributed by atoms with van der Waals surface area (Å²) < 4.78 is 10.8. The third-order valence-corrected chi connectivity index (χ3v) is 3.13. The highest BCUT2D eigenvalue weighted by Crippen LogP contribution is 2.20. The van der Waals surface area contributed by atoms with Crippen molar-refractivity contribution < 1.29 is 14.1 Å². The van der Waals surface area contributed by atoms with Gasteiger partial charge < -0.3 is 14.2 Å². The standard InChI is InChI=1S/C13H15N5O4/c1-2-21-12(19)15-10-8-9(17-6-4-3-5-7-17)14-11-16-13(20)22-18(10)11/h3-4,8H,2,5-7H2,1H3,(H,15,19). The van der Waals surface area contributed by atoms with Gasteiger partial charge in [0.2, 0.25) is 0 Å². The highest BCUT2D eigenvalue weighted by atomic mass is 16.6. The molecule has 0 radical (unpaired) electrons. The molecule has 0 aliphatic carbocycles. The van der Waals surface area contributed by atoms with Gasteiger partial charge in [-0.3, -0.25) is 5.32 Å². The number of fused-ring (bicyclic) bond motifs is 1. The molecule has 0 unspecified atom stereocenters. The van der Waals surface area contributed by atoms with Gasteiger partial charge in [0.15, 0.2) is 5.82 Å². The van der Waals surface area contributed by atoms with E-state index in [2.05, 4.69) is 21.4 Å². The molecule has 0 fully saturated rings. The molecule has 1 amide bonds. The van der Waals surface area contributed by atoms with E-state index in [0.717, 1.165) is 17.5 Å². The zero-order valence-electron chi connectivity index (χ0n) is 12.0. The van der Waals surface area contributed by atoms with Gasteiger partial charge in [0.1, 0.15) is 5.82 Å². The average Bonchev–Trinajstić information content (AvgIpc) is 2.89. The molecule has 116 valence electrons. The number of hydrogen-bond acceptors (Lipinski definition) is 7. The highest BCUT2D eigenvalue weighted by molar-refractivity contribution is 5.84. The monoisotopic (exact) mass is 305 g/mol. The second-order valence-corrected chi connectivity index (χ2v) is 4.61. The number of nitrogens with zero attached hydrogens (tertiary/aromatic N) is 4. The van der Waals surface area contributed by atoms with E-state index in [1.807, 2.05) is 11.0 Å². The molecule has 3 rings (SSSR count). The van der Waals surface area contributed by atoms with Crippen LogP contribution in [0, 0.1) is 0 Å². The molecule has 0 saturated carbocycles. The molecular formula is C13H15N5O4. The lowest BCUT2D eigenvalue weighted by Crippen LogP contribution is -2.28. The van der Waals surface area contributed by atoms with Crippen LogP contribution < -0.4 is 16.0 Å². The molecule has 0 spiro atoms. The Balaban J connectivity index is 2.01. The molecule has 9 nitrogen and oxygen atoms in total. The van der Waals surface area contributed by atoms with Crippen molar-refractivity contribution in [1.82, 2.24) is 14.5 Å². The van der Waals surface area contributed by atoms with Crippen LogP contribution >= 0.6 is 0 Å². The first-order valence-electron chi connectivity index (χ1n) is 6.92. The Morgan fingerprint density at radius 1 is 1.45 bits per heavy atom. The van der Waals surface area contributed by atoms with Crippen LogP contribution in [0.4, 0.5) is 16.4 Å². The number of rotatable bonds is 3. The summed E-state index contributed by atoms with van der Waals surface area (Å²) in [5, 5.41) is 2.52. The third-order valence-electron chi connectivity index (χ3n) is 3.13. The van der Waals surface area contributed by atoms with Gasteiger partial charge in [-0.05, 0) is 13.3 Å². The summed E-state index contributed by atoms with van der Waals surface area (Å²) in [5.74, 6) is 0.144. The van der Waals surface area contributed by atoms with E-state index in [9.17, 15) is 9.59 Å². The van der Waals surface area contributed by atoms with Crippen LogP contribution in [0.5, 0.6) is 0 Å². The number of hydrogen-bond donors (Lipinski definition) is 1. The minimum Gasteiger partial charge on any atom is -0.450 e. The normalized spacial score (nSPS) is 14.3. The summed E-state index contributed by atoms with van der Waals surface area (Å²) in [5.41, 5.74) is 0. The van der Waals surface area contributed by atoms with Gasteiger partial charge in [0.25, 0.3) is 5.78 Å². The summed E-state index contributed by atoms with van der Waals surface area (Å²) >= 11 is 0. The van der Waals surface area contributed by atoms with Gasteiger partial charge >= 0.3 is 11.8 Å². The van der Waals surface area contributed by atoms with Crippen molar-refractivity contribution in [3.05, 3.63) is 28.8 Å². The smallest absolute Gasteiger partial charge is 0.450 e. The minimum absolute atomic E-state index is 0.0869. The van der Waals surface area contributed by atoms with Gasteiger partial charge in [0.05, 0.1) is 6.61 Å². The van der Waals surface area contributed by atoms with Gasteiger partial charge in [-0.15, -0.1) is 9.56 Å². The van der Waals surface area contributed by atoms with Crippen LogP contribution in [0.25, 0.3) is 5.78 Å². The van der Waals surface area contributed by atoms with Crippen LogP contribution in [0.1, 0.15) is 13.3 Å². The molecule has 0 bridgehead atoms. The molecule has 1 N–H and O–H groups in total. The number of aromatic nitrogens is 3. The van der Waals surface area contributed by atoms with E-state index in [-0.39, 0.29) is 18.2 Å². The second-order valence-electron chi connectivity index (χ2n) is 4.61. The molecule has 3 heterocycles. The van der Waals surface area contributed by atoms with E-state index in [0.29, 0.717) is 12.4 Å². The van der Waals surface area contributed by atoms with Crippen molar-refractivity contribution in [3.63, 3.8) is 0 Å². The summed E-state index contributed by atoms with van der Waals surface area (Å²) in [6, 6.07) is 1.62. The highest BCUT2D eigenvalue weighted by Gasteiger charge is 2.17. The Hall–Kier alpha value is -2.84. The molecule has 0 saturated heterocycles. The van der Waals surface area contributed by atoms with Crippen molar-refractivity contribution in [2.45, 2.75) is 13.3 Å². The molecule has 2 aromatic rings. The number of carbonyl (C=O) groups is 1. The fraction of sp³-hybridized carbons (Fsp3) is 0.385. The van der Waals surface area contributed by atoms with Gasteiger partial charge in [0, 0.05) is 19.2 Å². The second kappa shape index (κ2) is 5.88. The minimum atomic E-state index is -0.782. The maximum absolute atomic E-state index is 11.6. The fourth-order valence-electron chi connectivity index (χ4n) is 2.18. The molecule has 0 aromatic carbocycles. The largest absolute Gasteiger partial charge is 0.461 e. The van der Waals surface area contributed by atoms with Crippen LogP contribution in [-0.2, 0) is 4.74 Å². The molecular weight excluding hydrogens is 290 g/mol. The van der Waals surface area contributed by atoms with Gasteiger partial charge in [-0.25, -0.2) is 9.59 Å². The zero-order valence-corrected chi connectivity index (χ0v) is 12.0. The van der Waals surface area contributed by atoms with Gasteiger partial charge in [-0.2, -0.15) is 4.98 Å². The predicted octanol–water partition coefficient (Wildman–Crippen LogP) is 1.02. The number of amides is 1. The quantitative estimate of drug-likeness (QED) is 0.844. The van der Waals surface area contributed by atoms with Crippen molar-refractivity contribution in [3.8, 4) is 0 Å². The number of nitrogens with one attached hydrogen (secondary N) is 1. The SMILES string of the molecule is CCOC(=O)Nc1cc(N2CC=CCC2)nc2nc(=O)on12. The summed E-state index contributed by atoms with van der Waals surface area (Å²) in [6.45, 7) is 3.42. The molecule has 1 aliphatic heterocycles. The molecule has 0 atom stereocenters. The molecule has 22 heavy (non-hydrogen) atoms. The van der Waals surface area contributed by atoms with Gasteiger partial charge in [-0.1, -0.05) is 12.2 Å². The molecule has 1 aliphatic rings. The zero-order chi connectivity index (χ0) is 15.5. The molecule has 9 heteroatoms.